The summed E-state index contributed by atoms with van der Waals surface area (Å²) in [6, 6.07) is 8.08. The van der Waals surface area contributed by atoms with E-state index >= 15 is 0 Å². The van der Waals surface area contributed by atoms with Crippen molar-refractivity contribution in [1.29, 1.82) is 5.26 Å². The van der Waals surface area contributed by atoms with E-state index in [1.54, 1.807) is 6.20 Å². The van der Waals surface area contributed by atoms with Crippen molar-refractivity contribution >= 4 is 17.5 Å². The van der Waals surface area contributed by atoms with Crippen LogP contribution in [-0.4, -0.2) is 67.4 Å². The lowest BCUT2D eigenvalue weighted by Crippen LogP contribution is -2.47. The topological polar surface area (TPSA) is 81.4 Å². The van der Waals surface area contributed by atoms with Crippen molar-refractivity contribution in [1.82, 2.24) is 15.0 Å². The van der Waals surface area contributed by atoms with Crippen LogP contribution in [0.5, 0.6) is 0 Å². The van der Waals surface area contributed by atoms with E-state index in [9.17, 15) is 5.26 Å². The molecule has 27 heavy (non-hydrogen) atoms. The summed E-state index contributed by atoms with van der Waals surface area (Å²) in [6.07, 6.45) is 1.66. The van der Waals surface area contributed by atoms with Crippen LogP contribution in [0.25, 0.3) is 0 Å². The van der Waals surface area contributed by atoms with Crippen molar-refractivity contribution < 1.29 is 4.74 Å². The minimum Gasteiger partial charge on any atom is -0.378 e. The van der Waals surface area contributed by atoms with E-state index in [4.69, 9.17) is 9.72 Å². The number of nitriles is 1. The summed E-state index contributed by atoms with van der Waals surface area (Å²) >= 11 is 0. The molecule has 8 heteroatoms. The Kier molecular flexibility index (Phi) is 5.03. The van der Waals surface area contributed by atoms with Crippen molar-refractivity contribution in [3.63, 3.8) is 0 Å². The highest BCUT2D eigenvalue weighted by molar-refractivity contribution is 5.57. The number of ether oxygens (including phenoxy) is 1. The van der Waals surface area contributed by atoms with Crippen LogP contribution < -0.4 is 14.7 Å². The zero-order chi connectivity index (χ0) is 18.6. The number of morpholine rings is 1. The van der Waals surface area contributed by atoms with Gasteiger partial charge in [0.15, 0.2) is 5.69 Å². The van der Waals surface area contributed by atoms with Crippen LogP contribution in [0, 0.1) is 18.3 Å². The van der Waals surface area contributed by atoms with Crippen LogP contribution in [0.15, 0.2) is 24.4 Å². The standard InChI is InChI=1S/C19H23N7O/c1-15-13-18(23-19(22-15)26-9-11-27-12-10-26)25-7-5-24(6-8-25)17-3-2-4-21-16(17)14-20/h2-4,13H,5-12H2,1H3. The summed E-state index contributed by atoms with van der Waals surface area (Å²) in [6.45, 7) is 8.46. The molecule has 0 spiro atoms. The summed E-state index contributed by atoms with van der Waals surface area (Å²) in [5.74, 6) is 1.75. The van der Waals surface area contributed by atoms with Gasteiger partial charge in [0.05, 0.1) is 18.9 Å². The number of aryl methyl sites for hydroxylation is 1. The zero-order valence-electron chi connectivity index (χ0n) is 15.5. The molecule has 2 aliphatic heterocycles. The molecule has 4 heterocycles. The van der Waals surface area contributed by atoms with Gasteiger partial charge in [-0.2, -0.15) is 10.2 Å². The van der Waals surface area contributed by atoms with Gasteiger partial charge in [0.2, 0.25) is 5.95 Å². The van der Waals surface area contributed by atoms with Crippen molar-refractivity contribution in [2.45, 2.75) is 6.92 Å². The molecule has 0 atom stereocenters. The van der Waals surface area contributed by atoms with Crippen LogP contribution in [0.1, 0.15) is 11.4 Å². The van der Waals surface area contributed by atoms with E-state index < -0.39 is 0 Å². The molecule has 2 aliphatic rings. The molecule has 8 nitrogen and oxygen atoms in total. The van der Waals surface area contributed by atoms with Gasteiger partial charge in [0, 0.05) is 57.2 Å². The predicted molar refractivity (Wildman–Crippen MR) is 103 cm³/mol. The number of aromatic nitrogens is 3. The number of pyridine rings is 1. The SMILES string of the molecule is Cc1cc(N2CCN(c3cccnc3C#N)CC2)nc(N2CCOCC2)n1. The van der Waals surface area contributed by atoms with Gasteiger partial charge in [-0.25, -0.2) is 9.97 Å². The van der Waals surface area contributed by atoms with E-state index in [2.05, 4.69) is 30.7 Å². The van der Waals surface area contributed by atoms with Crippen molar-refractivity contribution in [2.75, 3.05) is 67.2 Å². The molecule has 2 aromatic heterocycles. The van der Waals surface area contributed by atoms with Crippen molar-refractivity contribution in [3.05, 3.63) is 35.8 Å². The quantitative estimate of drug-likeness (QED) is 0.803. The maximum absolute atomic E-state index is 9.28. The molecular formula is C19H23N7O. The first-order valence-corrected chi connectivity index (χ1v) is 9.28. The monoisotopic (exact) mass is 365 g/mol. The van der Waals surface area contributed by atoms with Crippen LogP contribution in [-0.2, 0) is 4.74 Å². The third-order valence-corrected chi connectivity index (χ3v) is 4.96. The van der Waals surface area contributed by atoms with Gasteiger partial charge in [-0.3, -0.25) is 0 Å². The van der Waals surface area contributed by atoms with Crippen molar-refractivity contribution in [2.24, 2.45) is 0 Å². The highest BCUT2D eigenvalue weighted by atomic mass is 16.5. The van der Waals surface area contributed by atoms with Gasteiger partial charge in [-0.15, -0.1) is 0 Å². The fourth-order valence-electron chi connectivity index (χ4n) is 3.52. The molecule has 2 aromatic rings. The number of piperazine rings is 1. The number of hydrogen-bond donors (Lipinski definition) is 0. The maximum atomic E-state index is 9.28. The molecule has 140 valence electrons. The Morgan fingerprint density at radius 2 is 1.74 bits per heavy atom. The van der Waals surface area contributed by atoms with Crippen LogP contribution >= 0.6 is 0 Å². The summed E-state index contributed by atoms with van der Waals surface area (Å²) in [4.78, 5) is 20.3. The maximum Gasteiger partial charge on any atom is 0.227 e. The third kappa shape index (κ3) is 3.78. The minimum atomic E-state index is 0.485. The highest BCUT2D eigenvalue weighted by Gasteiger charge is 2.22. The Bertz CT molecular complexity index is 836. The van der Waals surface area contributed by atoms with Gasteiger partial charge in [0.1, 0.15) is 11.9 Å². The highest BCUT2D eigenvalue weighted by Crippen LogP contribution is 2.23. The van der Waals surface area contributed by atoms with E-state index in [-0.39, 0.29) is 0 Å². The first-order chi connectivity index (χ1) is 13.2. The molecule has 0 aromatic carbocycles. The second kappa shape index (κ2) is 7.76. The largest absolute Gasteiger partial charge is 0.378 e. The fourth-order valence-corrected chi connectivity index (χ4v) is 3.52. The zero-order valence-corrected chi connectivity index (χ0v) is 15.5. The Balaban J connectivity index is 1.48. The predicted octanol–water partition coefficient (Wildman–Crippen LogP) is 1.21. The van der Waals surface area contributed by atoms with Crippen molar-refractivity contribution in [3.8, 4) is 6.07 Å². The lowest BCUT2D eigenvalue weighted by molar-refractivity contribution is 0.122. The molecule has 0 radical (unpaired) electrons. The number of rotatable bonds is 3. The number of hydrogen-bond acceptors (Lipinski definition) is 8. The molecule has 0 N–H and O–H groups in total. The van der Waals surface area contributed by atoms with E-state index in [0.717, 1.165) is 75.6 Å². The normalized spacial score (nSPS) is 17.7. The second-order valence-corrected chi connectivity index (χ2v) is 6.72. The Labute approximate surface area is 159 Å². The Hall–Kier alpha value is -2.92. The van der Waals surface area contributed by atoms with Gasteiger partial charge < -0.3 is 19.4 Å². The van der Waals surface area contributed by atoms with Gasteiger partial charge in [-0.1, -0.05) is 0 Å². The Morgan fingerprint density at radius 3 is 2.48 bits per heavy atom. The first kappa shape index (κ1) is 17.5. The van der Waals surface area contributed by atoms with Crippen LogP contribution in [0.2, 0.25) is 0 Å². The van der Waals surface area contributed by atoms with Gasteiger partial charge in [-0.05, 0) is 19.1 Å². The number of anilines is 3. The van der Waals surface area contributed by atoms with Gasteiger partial charge >= 0.3 is 0 Å². The average molecular weight is 365 g/mol. The molecule has 0 amide bonds. The van der Waals surface area contributed by atoms with E-state index in [0.29, 0.717) is 5.69 Å². The average Bonchev–Trinajstić information content (AvgIpc) is 2.74. The lowest BCUT2D eigenvalue weighted by atomic mass is 10.2. The third-order valence-electron chi connectivity index (χ3n) is 4.96. The lowest BCUT2D eigenvalue weighted by Gasteiger charge is -2.37. The summed E-state index contributed by atoms with van der Waals surface area (Å²) in [7, 11) is 0. The van der Waals surface area contributed by atoms with Crippen LogP contribution in [0.4, 0.5) is 17.5 Å². The Morgan fingerprint density at radius 1 is 1.00 bits per heavy atom. The second-order valence-electron chi connectivity index (χ2n) is 6.72. The molecule has 4 rings (SSSR count). The molecule has 2 saturated heterocycles. The van der Waals surface area contributed by atoms with E-state index in [1.807, 2.05) is 25.1 Å². The molecule has 2 fully saturated rings. The molecule has 0 aliphatic carbocycles. The molecule has 0 bridgehead atoms. The molecular weight excluding hydrogens is 342 g/mol. The molecule has 0 saturated carbocycles. The smallest absolute Gasteiger partial charge is 0.227 e. The summed E-state index contributed by atoms with van der Waals surface area (Å²) in [5.41, 5.74) is 2.37. The van der Waals surface area contributed by atoms with Gasteiger partial charge in [0.25, 0.3) is 0 Å². The van der Waals surface area contributed by atoms with E-state index in [1.165, 1.54) is 0 Å². The summed E-state index contributed by atoms with van der Waals surface area (Å²) < 4.78 is 5.43. The number of nitrogens with zero attached hydrogens (tertiary/aromatic N) is 7. The minimum absolute atomic E-state index is 0.485. The fraction of sp³-hybridized carbons (Fsp3) is 0.474. The first-order valence-electron chi connectivity index (χ1n) is 9.28. The van der Waals surface area contributed by atoms with Crippen LogP contribution in [0.3, 0.4) is 0 Å². The summed E-state index contributed by atoms with van der Waals surface area (Å²) in [5, 5.41) is 9.28. The molecule has 0 unspecified atom stereocenters.